The lowest BCUT2D eigenvalue weighted by Crippen LogP contribution is -2.20. The van der Waals surface area contributed by atoms with E-state index in [2.05, 4.69) is 46.0 Å². The van der Waals surface area contributed by atoms with Crippen LogP contribution in [-0.4, -0.2) is 6.54 Å². The van der Waals surface area contributed by atoms with Crippen LogP contribution in [0.4, 0.5) is 0 Å². The molecule has 1 heterocycles. The summed E-state index contributed by atoms with van der Waals surface area (Å²) >= 11 is 1.91. The average molecular weight is 253 g/mol. The van der Waals surface area contributed by atoms with Crippen LogP contribution < -0.4 is 5.32 Å². The first-order valence-electron chi connectivity index (χ1n) is 6.81. The average Bonchev–Trinajstić information content (AvgIpc) is 2.56. The summed E-state index contributed by atoms with van der Waals surface area (Å²) in [6.45, 7) is 12.4. The first-order chi connectivity index (χ1) is 8.00. The second kappa shape index (κ2) is 7.17. The van der Waals surface area contributed by atoms with Gasteiger partial charge in [-0.05, 0) is 51.3 Å². The predicted molar refractivity (Wildman–Crippen MR) is 78.9 cm³/mol. The number of rotatable bonds is 7. The van der Waals surface area contributed by atoms with Crippen molar-refractivity contribution in [1.82, 2.24) is 5.32 Å². The molecule has 1 rings (SSSR count). The van der Waals surface area contributed by atoms with Crippen molar-refractivity contribution in [2.24, 2.45) is 5.92 Å². The Labute approximate surface area is 111 Å². The molecule has 0 fully saturated rings. The number of hydrogen-bond acceptors (Lipinski definition) is 2. The third kappa shape index (κ3) is 5.22. The smallest absolute Gasteiger partial charge is 0.0302 e. The highest BCUT2D eigenvalue weighted by atomic mass is 32.1. The predicted octanol–water partition coefficient (Wildman–Crippen LogP) is 4.84. The van der Waals surface area contributed by atoms with Gasteiger partial charge in [-0.2, -0.15) is 0 Å². The molecule has 0 saturated carbocycles. The van der Waals surface area contributed by atoms with Gasteiger partial charge in [0.15, 0.2) is 0 Å². The van der Waals surface area contributed by atoms with E-state index in [1.807, 2.05) is 11.3 Å². The third-order valence-electron chi connectivity index (χ3n) is 3.20. The summed E-state index contributed by atoms with van der Waals surface area (Å²) < 4.78 is 0. The molecule has 17 heavy (non-hydrogen) atoms. The van der Waals surface area contributed by atoms with E-state index in [0.29, 0.717) is 6.04 Å². The Morgan fingerprint density at radius 1 is 1.18 bits per heavy atom. The second-order valence-corrected chi connectivity index (χ2v) is 6.89. The zero-order valence-electron chi connectivity index (χ0n) is 12.0. The summed E-state index contributed by atoms with van der Waals surface area (Å²) in [7, 11) is 0. The molecular weight excluding hydrogens is 226 g/mol. The lowest BCUT2D eigenvalue weighted by Gasteiger charge is -2.14. The van der Waals surface area contributed by atoms with Gasteiger partial charge in [-0.1, -0.05) is 26.7 Å². The topological polar surface area (TPSA) is 12.0 Å². The molecule has 1 N–H and O–H groups in total. The molecule has 0 aromatic carbocycles. The fraction of sp³-hybridized carbons (Fsp3) is 0.733. The SMILES string of the molecule is Cc1cc(C(C)NCCCCC(C)C)c(C)s1. The highest BCUT2D eigenvalue weighted by Crippen LogP contribution is 2.26. The fourth-order valence-electron chi connectivity index (χ4n) is 2.19. The summed E-state index contributed by atoms with van der Waals surface area (Å²) in [5.74, 6) is 0.842. The summed E-state index contributed by atoms with van der Waals surface area (Å²) in [6, 6.07) is 2.82. The van der Waals surface area contributed by atoms with Gasteiger partial charge >= 0.3 is 0 Å². The van der Waals surface area contributed by atoms with Gasteiger partial charge in [-0.25, -0.2) is 0 Å². The molecule has 1 aromatic heterocycles. The molecule has 0 aliphatic carbocycles. The Balaban J connectivity index is 2.25. The molecule has 98 valence electrons. The summed E-state index contributed by atoms with van der Waals surface area (Å²) in [5.41, 5.74) is 1.48. The molecule has 0 spiro atoms. The van der Waals surface area contributed by atoms with Crippen LogP contribution in [0.3, 0.4) is 0 Å². The Bertz CT molecular complexity index is 328. The largest absolute Gasteiger partial charge is 0.310 e. The molecule has 0 radical (unpaired) electrons. The maximum atomic E-state index is 3.63. The number of unbranched alkanes of at least 4 members (excludes halogenated alkanes) is 1. The van der Waals surface area contributed by atoms with E-state index >= 15 is 0 Å². The maximum absolute atomic E-state index is 3.63. The van der Waals surface area contributed by atoms with Crippen molar-refractivity contribution in [2.45, 2.75) is 59.9 Å². The number of aryl methyl sites for hydroxylation is 2. The van der Waals surface area contributed by atoms with Crippen LogP contribution >= 0.6 is 11.3 Å². The minimum absolute atomic E-state index is 0.499. The maximum Gasteiger partial charge on any atom is 0.0302 e. The van der Waals surface area contributed by atoms with Gasteiger partial charge in [-0.3, -0.25) is 0 Å². The van der Waals surface area contributed by atoms with Crippen molar-refractivity contribution in [1.29, 1.82) is 0 Å². The van der Waals surface area contributed by atoms with Crippen molar-refractivity contribution in [3.8, 4) is 0 Å². The normalized spacial score (nSPS) is 13.3. The Kier molecular flexibility index (Phi) is 6.21. The van der Waals surface area contributed by atoms with Gasteiger partial charge in [0.1, 0.15) is 0 Å². The number of nitrogens with one attached hydrogen (secondary N) is 1. The molecule has 0 saturated heterocycles. The van der Waals surface area contributed by atoms with Gasteiger partial charge in [-0.15, -0.1) is 11.3 Å². The molecule has 1 unspecified atom stereocenters. The molecule has 1 aromatic rings. The van der Waals surface area contributed by atoms with Gasteiger partial charge in [0.25, 0.3) is 0 Å². The van der Waals surface area contributed by atoms with Crippen LogP contribution in [0.25, 0.3) is 0 Å². The first kappa shape index (κ1) is 14.7. The summed E-state index contributed by atoms with van der Waals surface area (Å²) in [4.78, 5) is 2.88. The molecule has 0 aliphatic rings. The van der Waals surface area contributed by atoms with Crippen LogP contribution in [0.15, 0.2) is 6.07 Å². The summed E-state index contributed by atoms with van der Waals surface area (Å²) in [5, 5.41) is 3.63. The van der Waals surface area contributed by atoms with Crippen LogP contribution in [0.5, 0.6) is 0 Å². The quantitative estimate of drug-likeness (QED) is 0.685. The van der Waals surface area contributed by atoms with Crippen LogP contribution in [0.1, 0.15) is 61.4 Å². The second-order valence-electron chi connectivity index (χ2n) is 5.43. The highest BCUT2D eigenvalue weighted by Gasteiger charge is 2.09. The van der Waals surface area contributed by atoms with Gasteiger partial charge in [0.2, 0.25) is 0 Å². The standard InChI is InChI=1S/C15H27NS/c1-11(2)8-6-7-9-16-13(4)15-10-12(3)17-14(15)5/h10-11,13,16H,6-9H2,1-5H3. The minimum atomic E-state index is 0.499. The van der Waals surface area contributed by atoms with Gasteiger partial charge in [0, 0.05) is 15.8 Å². The molecule has 0 amide bonds. The van der Waals surface area contributed by atoms with E-state index < -0.39 is 0 Å². The lowest BCUT2D eigenvalue weighted by atomic mass is 10.1. The van der Waals surface area contributed by atoms with E-state index in [1.54, 1.807) is 0 Å². The van der Waals surface area contributed by atoms with E-state index in [-0.39, 0.29) is 0 Å². The Morgan fingerprint density at radius 2 is 1.88 bits per heavy atom. The van der Waals surface area contributed by atoms with E-state index in [0.717, 1.165) is 12.5 Å². The van der Waals surface area contributed by atoms with Crippen molar-refractivity contribution in [3.63, 3.8) is 0 Å². The zero-order valence-corrected chi connectivity index (χ0v) is 12.8. The van der Waals surface area contributed by atoms with E-state index in [4.69, 9.17) is 0 Å². The van der Waals surface area contributed by atoms with Gasteiger partial charge < -0.3 is 5.32 Å². The van der Waals surface area contributed by atoms with E-state index in [9.17, 15) is 0 Å². The molecule has 0 aliphatic heterocycles. The van der Waals surface area contributed by atoms with Crippen LogP contribution in [-0.2, 0) is 0 Å². The first-order valence-corrected chi connectivity index (χ1v) is 7.62. The van der Waals surface area contributed by atoms with Crippen molar-refractivity contribution >= 4 is 11.3 Å². The molecule has 0 bridgehead atoms. The van der Waals surface area contributed by atoms with Crippen molar-refractivity contribution in [2.75, 3.05) is 6.54 Å². The molecule has 1 atom stereocenters. The van der Waals surface area contributed by atoms with Crippen molar-refractivity contribution in [3.05, 3.63) is 21.4 Å². The molecule has 1 nitrogen and oxygen atoms in total. The number of thiophene rings is 1. The van der Waals surface area contributed by atoms with Gasteiger partial charge in [0.05, 0.1) is 0 Å². The minimum Gasteiger partial charge on any atom is -0.310 e. The highest BCUT2D eigenvalue weighted by molar-refractivity contribution is 7.12. The van der Waals surface area contributed by atoms with Crippen LogP contribution in [0, 0.1) is 19.8 Å². The zero-order chi connectivity index (χ0) is 12.8. The van der Waals surface area contributed by atoms with Crippen LogP contribution in [0.2, 0.25) is 0 Å². The van der Waals surface area contributed by atoms with E-state index in [1.165, 1.54) is 34.6 Å². The lowest BCUT2D eigenvalue weighted by molar-refractivity contribution is 0.498. The molecular formula is C15H27NS. The fourth-order valence-corrected chi connectivity index (χ4v) is 3.21. The Morgan fingerprint density at radius 3 is 2.41 bits per heavy atom. The number of hydrogen-bond donors (Lipinski definition) is 1. The Hall–Kier alpha value is -0.340. The summed E-state index contributed by atoms with van der Waals surface area (Å²) in [6.07, 6.45) is 4.00. The third-order valence-corrected chi connectivity index (χ3v) is 4.19. The molecule has 2 heteroatoms. The monoisotopic (exact) mass is 253 g/mol. The van der Waals surface area contributed by atoms with Crippen molar-refractivity contribution < 1.29 is 0 Å².